The number of carbonyl (C=O) groups excluding carboxylic acids is 2. The van der Waals surface area contributed by atoms with Gasteiger partial charge in [-0.15, -0.1) is 22.9 Å². The van der Waals surface area contributed by atoms with Crippen LogP contribution >= 0.6 is 22.9 Å². The van der Waals surface area contributed by atoms with E-state index >= 15 is 0 Å². The van der Waals surface area contributed by atoms with Crippen molar-refractivity contribution in [1.29, 1.82) is 0 Å². The lowest BCUT2D eigenvalue weighted by Gasteiger charge is -1.99. The van der Waals surface area contributed by atoms with E-state index in [1.807, 2.05) is 6.07 Å². The number of halogens is 1. The van der Waals surface area contributed by atoms with Crippen LogP contribution in [0.25, 0.3) is 0 Å². The van der Waals surface area contributed by atoms with Gasteiger partial charge in [-0.25, -0.2) is 0 Å². The standard InChI is InChI=1S/C14H14ClN3O2S/c15-7-11(19)12-4-3-9(21-12)5-14(20)16-13-6-10(17-18-13)8-1-2-8/h3-4,6,8H,1-2,5,7H2,(H2,16,17,18,20). The molecule has 0 bridgehead atoms. The van der Waals surface area contributed by atoms with Crippen LogP contribution in [0.4, 0.5) is 5.82 Å². The first kappa shape index (κ1) is 14.3. The SMILES string of the molecule is O=C(Cc1ccc(C(=O)CCl)s1)Nc1cc(C2CC2)[nH]n1. The first-order valence-electron chi connectivity index (χ1n) is 6.68. The summed E-state index contributed by atoms with van der Waals surface area (Å²) in [5, 5.41) is 9.78. The average molecular weight is 324 g/mol. The van der Waals surface area contributed by atoms with Crippen LogP contribution in [-0.4, -0.2) is 27.8 Å². The molecule has 0 aliphatic heterocycles. The summed E-state index contributed by atoms with van der Waals surface area (Å²) in [5.74, 6) is 0.828. The fourth-order valence-corrected chi connectivity index (χ4v) is 3.21. The lowest BCUT2D eigenvalue weighted by Crippen LogP contribution is -2.13. The number of ketones is 1. The Bertz CT molecular complexity index is 675. The van der Waals surface area contributed by atoms with Crippen LogP contribution in [0.2, 0.25) is 0 Å². The Morgan fingerprint density at radius 1 is 1.43 bits per heavy atom. The highest BCUT2D eigenvalue weighted by Crippen LogP contribution is 2.39. The third-order valence-corrected chi connectivity index (χ3v) is 4.64. The number of anilines is 1. The van der Waals surface area contributed by atoms with E-state index in [9.17, 15) is 9.59 Å². The van der Waals surface area contributed by atoms with Gasteiger partial charge in [-0.05, 0) is 25.0 Å². The Hall–Kier alpha value is -1.66. The van der Waals surface area contributed by atoms with Gasteiger partial charge in [-0.1, -0.05) is 0 Å². The molecular weight excluding hydrogens is 310 g/mol. The normalized spacial score (nSPS) is 14.1. The van der Waals surface area contributed by atoms with E-state index in [-0.39, 0.29) is 24.0 Å². The fourth-order valence-electron chi connectivity index (χ4n) is 2.04. The number of aromatic amines is 1. The second-order valence-corrected chi connectivity index (χ2v) is 6.47. The third-order valence-electron chi connectivity index (χ3n) is 3.27. The number of alkyl halides is 1. The lowest BCUT2D eigenvalue weighted by molar-refractivity contribution is -0.115. The van der Waals surface area contributed by atoms with Crippen LogP contribution in [0.3, 0.4) is 0 Å². The number of H-pyrrole nitrogens is 1. The molecule has 0 spiro atoms. The maximum Gasteiger partial charge on any atom is 0.230 e. The summed E-state index contributed by atoms with van der Waals surface area (Å²) >= 11 is 6.81. The number of amides is 1. The fraction of sp³-hybridized carbons (Fsp3) is 0.357. The number of thiophene rings is 1. The van der Waals surface area contributed by atoms with Gasteiger partial charge in [0.15, 0.2) is 11.6 Å². The van der Waals surface area contributed by atoms with Crippen molar-refractivity contribution in [2.45, 2.75) is 25.2 Å². The molecule has 2 aromatic rings. The van der Waals surface area contributed by atoms with Gasteiger partial charge in [-0.3, -0.25) is 14.7 Å². The van der Waals surface area contributed by atoms with E-state index in [2.05, 4.69) is 15.5 Å². The van der Waals surface area contributed by atoms with Crippen LogP contribution in [0, 0.1) is 0 Å². The first-order chi connectivity index (χ1) is 10.2. The number of carbonyl (C=O) groups is 2. The molecule has 1 saturated carbocycles. The number of Topliss-reactive ketones (excluding diaryl/α,β-unsaturated/α-hetero) is 1. The molecule has 2 aromatic heterocycles. The van der Waals surface area contributed by atoms with Crippen molar-refractivity contribution in [2.75, 3.05) is 11.2 Å². The van der Waals surface area contributed by atoms with Crippen molar-refractivity contribution in [1.82, 2.24) is 10.2 Å². The topological polar surface area (TPSA) is 74.8 Å². The van der Waals surface area contributed by atoms with Gasteiger partial charge in [0.05, 0.1) is 17.2 Å². The summed E-state index contributed by atoms with van der Waals surface area (Å²) < 4.78 is 0. The molecular formula is C14H14ClN3O2S. The van der Waals surface area contributed by atoms with Crippen LogP contribution < -0.4 is 5.32 Å². The number of hydrogen-bond acceptors (Lipinski definition) is 4. The predicted octanol–water partition coefficient (Wildman–Crippen LogP) is 2.95. The number of nitrogens with zero attached hydrogens (tertiary/aromatic N) is 1. The minimum atomic E-state index is -0.143. The van der Waals surface area contributed by atoms with Gasteiger partial charge in [0.1, 0.15) is 0 Å². The highest BCUT2D eigenvalue weighted by Gasteiger charge is 2.25. The highest BCUT2D eigenvalue weighted by molar-refractivity contribution is 7.14. The summed E-state index contributed by atoms with van der Waals surface area (Å²) in [6.07, 6.45) is 2.59. The molecule has 1 aliphatic carbocycles. The molecule has 0 atom stereocenters. The van der Waals surface area contributed by atoms with Gasteiger partial charge >= 0.3 is 0 Å². The van der Waals surface area contributed by atoms with Crippen molar-refractivity contribution in [2.24, 2.45) is 0 Å². The van der Waals surface area contributed by atoms with Crippen LogP contribution in [0.5, 0.6) is 0 Å². The number of aromatic nitrogens is 2. The first-order valence-corrected chi connectivity index (χ1v) is 8.04. The molecule has 5 nitrogen and oxygen atoms in total. The maximum absolute atomic E-state index is 12.0. The van der Waals surface area contributed by atoms with Crippen LogP contribution in [-0.2, 0) is 11.2 Å². The predicted molar refractivity (Wildman–Crippen MR) is 82.3 cm³/mol. The molecule has 1 amide bonds. The smallest absolute Gasteiger partial charge is 0.230 e. The Balaban J connectivity index is 1.57. The molecule has 0 unspecified atom stereocenters. The third kappa shape index (κ3) is 3.51. The van der Waals surface area contributed by atoms with Crippen LogP contribution in [0.1, 0.15) is 39.0 Å². The molecule has 3 rings (SSSR count). The summed E-state index contributed by atoms with van der Waals surface area (Å²) in [6.45, 7) is 0. The van der Waals surface area contributed by atoms with Gasteiger partial charge in [0.25, 0.3) is 0 Å². The van der Waals surface area contributed by atoms with E-state index < -0.39 is 0 Å². The Kier molecular flexibility index (Phi) is 4.07. The van der Waals surface area contributed by atoms with Crippen molar-refractivity contribution in [3.8, 4) is 0 Å². The largest absolute Gasteiger partial charge is 0.309 e. The molecule has 21 heavy (non-hydrogen) atoms. The summed E-state index contributed by atoms with van der Waals surface area (Å²) in [4.78, 5) is 24.8. The van der Waals surface area contributed by atoms with Gasteiger partial charge in [0.2, 0.25) is 5.91 Å². The quantitative estimate of drug-likeness (QED) is 0.634. The summed E-state index contributed by atoms with van der Waals surface area (Å²) in [7, 11) is 0. The maximum atomic E-state index is 12.0. The molecule has 0 aromatic carbocycles. The van der Waals surface area contributed by atoms with Crippen molar-refractivity contribution >= 4 is 40.4 Å². The van der Waals surface area contributed by atoms with E-state index in [1.54, 1.807) is 12.1 Å². The van der Waals surface area contributed by atoms with Gasteiger partial charge in [-0.2, -0.15) is 5.10 Å². The average Bonchev–Trinajstić information content (AvgIpc) is 3.05. The van der Waals surface area contributed by atoms with Crippen molar-refractivity contribution in [3.05, 3.63) is 33.6 Å². The zero-order valence-electron chi connectivity index (χ0n) is 11.2. The van der Waals surface area contributed by atoms with Crippen molar-refractivity contribution < 1.29 is 9.59 Å². The van der Waals surface area contributed by atoms with Crippen molar-refractivity contribution in [3.63, 3.8) is 0 Å². The number of nitrogens with one attached hydrogen (secondary N) is 2. The van der Waals surface area contributed by atoms with E-state index in [0.29, 0.717) is 16.6 Å². The minimum Gasteiger partial charge on any atom is -0.309 e. The summed E-state index contributed by atoms with van der Waals surface area (Å²) in [6, 6.07) is 5.37. The number of rotatable bonds is 6. The Labute approximate surface area is 130 Å². The van der Waals surface area contributed by atoms with E-state index in [1.165, 1.54) is 24.2 Å². The van der Waals surface area contributed by atoms with Gasteiger partial charge in [0, 0.05) is 22.6 Å². The monoisotopic (exact) mass is 323 g/mol. The molecule has 1 aliphatic rings. The molecule has 2 N–H and O–H groups in total. The molecule has 0 saturated heterocycles. The Morgan fingerprint density at radius 2 is 2.24 bits per heavy atom. The molecule has 2 heterocycles. The van der Waals surface area contributed by atoms with Gasteiger partial charge < -0.3 is 5.32 Å². The second-order valence-electron chi connectivity index (χ2n) is 5.03. The van der Waals surface area contributed by atoms with E-state index in [0.717, 1.165) is 10.6 Å². The zero-order valence-corrected chi connectivity index (χ0v) is 12.8. The molecule has 110 valence electrons. The number of hydrogen-bond donors (Lipinski definition) is 2. The molecule has 0 radical (unpaired) electrons. The minimum absolute atomic E-state index is 0.0383. The summed E-state index contributed by atoms with van der Waals surface area (Å²) in [5.41, 5.74) is 1.08. The highest BCUT2D eigenvalue weighted by atomic mass is 35.5. The zero-order chi connectivity index (χ0) is 14.8. The second kappa shape index (κ2) is 5.99. The molecule has 1 fully saturated rings. The lowest BCUT2D eigenvalue weighted by atomic mass is 10.3. The van der Waals surface area contributed by atoms with Crippen LogP contribution in [0.15, 0.2) is 18.2 Å². The molecule has 7 heteroatoms. The van der Waals surface area contributed by atoms with E-state index in [4.69, 9.17) is 11.6 Å². The Morgan fingerprint density at radius 3 is 2.95 bits per heavy atom.